The van der Waals surface area contributed by atoms with Crippen molar-refractivity contribution in [2.75, 3.05) is 0 Å². The highest BCUT2D eigenvalue weighted by Gasteiger charge is 2.39. The average molecular weight is 609 g/mol. The minimum absolute atomic E-state index is 0.138. The Morgan fingerprint density at radius 3 is 2.83 bits per heavy atom. The predicted octanol–water partition coefficient (Wildman–Crippen LogP) is 1.67. The molecule has 0 saturated carbocycles. The molecule has 11 nitrogen and oxygen atoms in total. The minimum Gasteiger partial charge on any atom is -0.487 e. The van der Waals surface area contributed by atoms with Gasteiger partial charge in [0.25, 0.3) is 5.56 Å². The lowest BCUT2D eigenvalue weighted by atomic mass is 10.0. The van der Waals surface area contributed by atoms with Gasteiger partial charge in [0.15, 0.2) is 0 Å². The minimum atomic E-state index is -0.947. The summed E-state index contributed by atoms with van der Waals surface area (Å²) >= 11 is 2.24. The lowest BCUT2D eigenvalue weighted by Gasteiger charge is -2.20. The van der Waals surface area contributed by atoms with Crippen LogP contribution in [0.3, 0.4) is 0 Å². The molecule has 4 rings (SSSR count). The van der Waals surface area contributed by atoms with Gasteiger partial charge >= 0.3 is 5.69 Å². The van der Waals surface area contributed by atoms with E-state index in [0.29, 0.717) is 25.1 Å². The number of ether oxygens (including phenoxy) is 2. The van der Waals surface area contributed by atoms with Gasteiger partial charge < -0.3 is 19.7 Å². The van der Waals surface area contributed by atoms with Crippen LogP contribution in [0.15, 0.2) is 58.4 Å². The molecule has 0 radical (unpaired) electrons. The van der Waals surface area contributed by atoms with E-state index in [1.165, 1.54) is 10.8 Å². The highest BCUT2D eigenvalue weighted by molar-refractivity contribution is 14.1. The molecule has 0 amide bonds. The summed E-state index contributed by atoms with van der Waals surface area (Å²) in [6, 6.07) is 7.77. The van der Waals surface area contributed by atoms with Gasteiger partial charge in [-0.2, -0.15) is 0 Å². The summed E-state index contributed by atoms with van der Waals surface area (Å²) in [5.41, 5.74) is 0.00816. The maximum atomic E-state index is 12.1. The second kappa shape index (κ2) is 12.0. The van der Waals surface area contributed by atoms with Crippen molar-refractivity contribution in [1.29, 1.82) is 0 Å². The van der Waals surface area contributed by atoms with Crippen molar-refractivity contribution < 1.29 is 19.7 Å². The van der Waals surface area contributed by atoms with Gasteiger partial charge in [0.1, 0.15) is 30.4 Å². The summed E-state index contributed by atoms with van der Waals surface area (Å²) in [5.74, 6) is 0.773. The topological polar surface area (TPSA) is 144 Å². The van der Waals surface area contributed by atoms with Crippen molar-refractivity contribution in [3.05, 3.63) is 84.5 Å². The first-order valence-electron chi connectivity index (χ1n) is 11.6. The highest BCUT2D eigenvalue weighted by atomic mass is 127. The number of nitrogens with zero attached hydrogens (tertiary/aromatic N) is 4. The van der Waals surface area contributed by atoms with Crippen molar-refractivity contribution in [2.45, 2.75) is 63.9 Å². The number of aromatic amines is 1. The highest BCUT2D eigenvalue weighted by Crippen LogP contribution is 2.30. The Kier molecular flexibility index (Phi) is 8.72. The molecule has 0 spiro atoms. The summed E-state index contributed by atoms with van der Waals surface area (Å²) in [4.78, 5) is 25.9. The van der Waals surface area contributed by atoms with Crippen LogP contribution in [0.2, 0.25) is 0 Å². The molecule has 1 aliphatic heterocycles. The number of nitrogens with one attached hydrogen (secondary N) is 1. The van der Waals surface area contributed by atoms with Gasteiger partial charge in [-0.3, -0.25) is 19.0 Å². The van der Waals surface area contributed by atoms with E-state index in [9.17, 15) is 19.8 Å². The van der Waals surface area contributed by atoms with E-state index in [0.717, 1.165) is 15.0 Å². The van der Waals surface area contributed by atoms with Gasteiger partial charge in [0, 0.05) is 28.3 Å². The van der Waals surface area contributed by atoms with Gasteiger partial charge in [-0.1, -0.05) is 17.4 Å². The summed E-state index contributed by atoms with van der Waals surface area (Å²) in [6.07, 6.45) is 4.58. The molecular weight excluding hydrogens is 581 g/mol. The number of aliphatic hydroxyl groups excluding tert-OH is 2. The molecule has 3 N–H and O–H groups in total. The van der Waals surface area contributed by atoms with E-state index in [2.05, 4.69) is 37.9 Å². The number of aryl methyl sites for hydroxylation is 2. The normalized spacial score (nSPS) is 20.7. The fraction of sp³-hybridized carbons (Fsp3) is 0.417. The number of halogens is 1. The number of hydrogen-bond acceptors (Lipinski definition) is 8. The standard InChI is InChI=1S/C24H28IN5O6/c1-15-12-30(24(34)26-23(15)33)21-11-20(32)22(36-21)19(31)5-3-2-4-10-29-13-17(27-28-29)14-35-18-8-6-16(25)7-9-18/h2-3,6-9,12-13,19-22,31-32H,4-5,10-11,14H2,1H3,(H,26,33,34)/b3-2+/t19-,20-,21+,22+/m0/s1. The van der Waals surface area contributed by atoms with Crippen LogP contribution in [-0.4, -0.2) is 53.1 Å². The summed E-state index contributed by atoms with van der Waals surface area (Å²) in [6.45, 7) is 2.52. The number of allylic oxidation sites excluding steroid dienone is 1. The van der Waals surface area contributed by atoms with Crippen LogP contribution in [0.4, 0.5) is 0 Å². The molecule has 3 aromatic rings. The first-order valence-corrected chi connectivity index (χ1v) is 12.6. The summed E-state index contributed by atoms with van der Waals surface area (Å²) in [7, 11) is 0. The molecule has 0 aliphatic carbocycles. The van der Waals surface area contributed by atoms with Crippen molar-refractivity contribution in [3.63, 3.8) is 0 Å². The average Bonchev–Trinajstić information content (AvgIpc) is 3.47. The Morgan fingerprint density at radius 1 is 1.28 bits per heavy atom. The number of H-pyrrole nitrogens is 1. The molecular formula is C24H28IN5O6. The fourth-order valence-electron chi connectivity index (χ4n) is 3.89. The first-order chi connectivity index (χ1) is 17.3. The maximum Gasteiger partial charge on any atom is 0.330 e. The van der Waals surface area contributed by atoms with Crippen LogP contribution in [0.5, 0.6) is 5.75 Å². The molecule has 0 bridgehead atoms. The molecule has 1 fully saturated rings. The zero-order valence-corrected chi connectivity index (χ0v) is 21.8. The molecule has 12 heteroatoms. The van der Waals surface area contributed by atoms with Crippen LogP contribution in [0.1, 0.15) is 36.7 Å². The molecule has 192 valence electrons. The Hall–Kier alpha value is -2.81. The van der Waals surface area contributed by atoms with Gasteiger partial charge in [-0.15, -0.1) is 5.10 Å². The second-order valence-electron chi connectivity index (χ2n) is 8.62. The Balaban J connectivity index is 1.21. The molecule has 1 aliphatic rings. The summed E-state index contributed by atoms with van der Waals surface area (Å²) < 4.78 is 15.6. The quantitative estimate of drug-likeness (QED) is 0.233. The van der Waals surface area contributed by atoms with Gasteiger partial charge in [-0.25, -0.2) is 4.79 Å². The molecule has 0 unspecified atom stereocenters. The van der Waals surface area contributed by atoms with E-state index in [1.807, 2.05) is 42.6 Å². The number of rotatable bonds is 10. The van der Waals surface area contributed by atoms with E-state index in [4.69, 9.17) is 9.47 Å². The third kappa shape index (κ3) is 6.69. The third-order valence-electron chi connectivity index (χ3n) is 5.83. The Bertz CT molecular complexity index is 1300. The van der Waals surface area contributed by atoms with Gasteiger partial charge in [-0.05, 0) is 66.6 Å². The molecule has 3 heterocycles. The van der Waals surface area contributed by atoms with E-state index < -0.39 is 35.8 Å². The Morgan fingerprint density at radius 2 is 2.06 bits per heavy atom. The molecule has 1 aromatic carbocycles. The molecule has 2 aromatic heterocycles. The number of benzene rings is 1. The third-order valence-corrected chi connectivity index (χ3v) is 6.55. The SMILES string of the molecule is Cc1cn([C@H]2C[C@H](O)[C@@H]([C@@H](O)C/C=C/CCn3cc(COc4ccc(I)cc4)nn3)O2)c(=O)[nH]c1=O. The van der Waals surface area contributed by atoms with E-state index in [-0.39, 0.29) is 12.8 Å². The van der Waals surface area contributed by atoms with Crippen molar-refractivity contribution >= 4 is 22.6 Å². The first kappa shape index (κ1) is 26.3. The van der Waals surface area contributed by atoms with Crippen molar-refractivity contribution in [1.82, 2.24) is 24.5 Å². The van der Waals surface area contributed by atoms with Crippen molar-refractivity contribution in [2.24, 2.45) is 0 Å². The monoisotopic (exact) mass is 609 g/mol. The van der Waals surface area contributed by atoms with Crippen LogP contribution < -0.4 is 16.0 Å². The fourth-order valence-corrected chi connectivity index (χ4v) is 4.25. The lowest BCUT2D eigenvalue weighted by Crippen LogP contribution is -2.35. The van der Waals surface area contributed by atoms with E-state index >= 15 is 0 Å². The van der Waals surface area contributed by atoms with Crippen LogP contribution in [-0.2, 0) is 17.9 Å². The zero-order chi connectivity index (χ0) is 25.7. The zero-order valence-electron chi connectivity index (χ0n) is 19.7. The van der Waals surface area contributed by atoms with E-state index in [1.54, 1.807) is 11.6 Å². The summed E-state index contributed by atoms with van der Waals surface area (Å²) in [5, 5.41) is 29.1. The predicted molar refractivity (Wildman–Crippen MR) is 138 cm³/mol. The van der Waals surface area contributed by atoms with Crippen LogP contribution >= 0.6 is 22.6 Å². The number of aliphatic hydroxyl groups is 2. The number of hydrogen-bond donors (Lipinski definition) is 3. The van der Waals surface area contributed by atoms with Crippen LogP contribution in [0, 0.1) is 10.5 Å². The largest absolute Gasteiger partial charge is 0.487 e. The van der Waals surface area contributed by atoms with Gasteiger partial charge in [0.05, 0.1) is 18.4 Å². The number of aromatic nitrogens is 5. The smallest absolute Gasteiger partial charge is 0.330 e. The van der Waals surface area contributed by atoms with Crippen molar-refractivity contribution in [3.8, 4) is 5.75 Å². The van der Waals surface area contributed by atoms with Crippen LogP contribution in [0.25, 0.3) is 0 Å². The molecule has 36 heavy (non-hydrogen) atoms. The van der Waals surface area contributed by atoms with Gasteiger partial charge in [0.2, 0.25) is 0 Å². The molecule has 4 atom stereocenters. The molecule has 1 saturated heterocycles. The second-order valence-corrected chi connectivity index (χ2v) is 9.86. The Labute approximate surface area is 220 Å². The lowest BCUT2D eigenvalue weighted by molar-refractivity contribution is -0.0819. The maximum absolute atomic E-state index is 12.1.